The maximum atomic E-state index is 5.69. The number of para-hydroxylation sites is 1. The largest absolute Gasteiger partial charge is 0.494 e. The van der Waals surface area contributed by atoms with Crippen LogP contribution in [0.4, 0.5) is 0 Å². The third-order valence-corrected chi connectivity index (χ3v) is 2.98. The summed E-state index contributed by atoms with van der Waals surface area (Å²) in [6.45, 7) is 9.41. The van der Waals surface area contributed by atoms with Crippen molar-refractivity contribution in [1.29, 1.82) is 0 Å². The zero-order valence-electron chi connectivity index (χ0n) is 12.0. The SMILES string of the molecule is CCOc1ccccc1C(CCC(C)(C)C)NN. The van der Waals surface area contributed by atoms with Gasteiger partial charge in [-0.1, -0.05) is 39.0 Å². The quantitative estimate of drug-likeness (QED) is 0.601. The molecule has 0 saturated carbocycles. The van der Waals surface area contributed by atoms with Crippen LogP contribution in [0.25, 0.3) is 0 Å². The predicted octanol–water partition coefficient (Wildman–Crippen LogP) is 3.42. The van der Waals surface area contributed by atoms with Gasteiger partial charge in [0.1, 0.15) is 5.75 Å². The summed E-state index contributed by atoms with van der Waals surface area (Å²) in [5, 5.41) is 0. The summed E-state index contributed by atoms with van der Waals surface area (Å²) < 4.78 is 5.66. The lowest BCUT2D eigenvalue weighted by atomic mass is 9.87. The third-order valence-electron chi connectivity index (χ3n) is 2.98. The highest BCUT2D eigenvalue weighted by Crippen LogP contribution is 2.31. The molecule has 0 aliphatic heterocycles. The van der Waals surface area contributed by atoms with Crippen molar-refractivity contribution >= 4 is 0 Å². The molecule has 1 aromatic carbocycles. The van der Waals surface area contributed by atoms with Gasteiger partial charge in [-0.15, -0.1) is 0 Å². The standard InChI is InChI=1S/C15H26N2O/c1-5-18-14-9-7-6-8-12(14)13(17-16)10-11-15(2,3)4/h6-9,13,17H,5,10-11,16H2,1-4H3. The van der Waals surface area contributed by atoms with Crippen LogP contribution < -0.4 is 16.0 Å². The van der Waals surface area contributed by atoms with E-state index in [0.717, 1.165) is 24.2 Å². The van der Waals surface area contributed by atoms with E-state index in [2.05, 4.69) is 32.3 Å². The summed E-state index contributed by atoms with van der Waals surface area (Å²) >= 11 is 0. The fourth-order valence-corrected chi connectivity index (χ4v) is 1.96. The van der Waals surface area contributed by atoms with E-state index in [1.54, 1.807) is 0 Å². The van der Waals surface area contributed by atoms with E-state index in [9.17, 15) is 0 Å². The van der Waals surface area contributed by atoms with Crippen molar-refractivity contribution in [1.82, 2.24) is 5.43 Å². The van der Waals surface area contributed by atoms with Gasteiger partial charge in [0, 0.05) is 11.6 Å². The number of hydrogen-bond donors (Lipinski definition) is 2. The van der Waals surface area contributed by atoms with E-state index >= 15 is 0 Å². The zero-order chi connectivity index (χ0) is 13.6. The third kappa shape index (κ3) is 4.67. The molecule has 0 saturated heterocycles. The second-order valence-electron chi connectivity index (χ2n) is 5.79. The van der Waals surface area contributed by atoms with Gasteiger partial charge in [0.15, 0.2) is 0 Å². The van der Waals surface area contributed by atoms with Crippen LogP contribution in [-0.2, 0) is 0 Å². The molecule has 0 aromatic heterocycles. The van der Waals surface area contributed by atoms with Crippen LogP contribution in [0.3, 0.4) is 0 Å². The van der Waals surface area contributed by atoms with E-state index in [1.165, 1.54) is 0 Å². The first kappa shape index (κ1) is 15.0. The fraction of sp³-hybridized carbons (Fsp3) is 0.600. The smallest absolute Gasteiger partial charge is 0.124 e. The fourth-order valence-electron chi connectivity index (χ4n) is 1.96. The van der Waals surface area contributed by atoms with Gasteiger partial charge >= 0.3 is 0 Å². The molecule has 102 valence electrons. The van der Waals surface area contributed by atoms with Crippen LogP contribution in [0.1, 0.15) is 52.1 Å². The van der Waals surface area contributed by atoms with E-state index < -0.39 is 0 Å². The minimum Gasteiger partial charge on any atom is -0.494 e. The number of nitrogens with two attached hydrogens (primary N) is 1. The molecule has 0 spiro atoms. The highest BCUT2D eigenvalue weighted by Gasteiger charge is 2.18. The number of hydrazine groups is 1. The lowest BCUT2D eigenvalue weighted by Gasteiger charge is -2.24. The Hall–Kier alpha value is -1.06. The monoisotopic (exact) mass is 250 g/mol. The van der Waals surface area contributed by atoms with Gasteiger partial charge in [-0.3, -0.25) is 11.3 Å². The van der Waals surface area contributed by atoms with Crippen LogP contribution in [0.2, 0.25) is 0 Å². The van der Waals surface area contributed by atoms with Crippen molar-refractivity contribution in [3.8, 4) is 5.75 Å². The zero-order valence-corrected chi connectivity index (χ0v) is 12.0. The second-order valence-corrected chi connectivity index (χ2v) is 5.79. The van der Waals surface area contributed by atoms with Gasteiger partial charge in [-0.25, -0.2) is 0 Å². The van der Waals surface area contributed by atoms with Crippen molar-refractivity contribution < 1.29 is 4.74 Å². The molecule has 3 N–H and O–H groups in total. The van der Waals surface area contributed by atoms with Gasteiger partial charge in [-0.05, 0) is 31.2 Å². The molecular formula is C15H26N2O. The van der Waals surface area contributed by atoms with E-state index in [1.807, 2.05) is 25.1 Å². The molecule has 18 heavy (non-hydrogen) atoms. The lowest BCUT2D eigenvalue weighted by Crippen LogP contribution is -2.29. The molecule has 1 atom stereocenters. The molecule has 1 unspecified atom stereocenters. The van der Waals surface area contributed by atoms with Crippen molar-refractivity contribution in [3.63, 3.8) is 0 Å². The van der Waals surface area contributed by atoms with Crippen LogP contribution in [-0.4, -0.2) is 6.61 Å². The average Bonchev–Trinajstić information content (AvgIpc) is 2.31. The molecule has 0 heterocycles. The normalized spacial score (nSPS) is 13.4. The lowest BCUT2D eigenvalue weighted by molar-refractivity contribution is 0.312. The molecule has 0 radical (unpaired) electrons. The van der Waals surface area contributed by atoms with E-state index in [4.69, 9.17) is 10.6 Å². The number of hydrogen-bond acceptors (Lipinski definition) is 3. The highest BCUT2D eigenvalue weighted by molar-refractivity contribution is 5.35. The minimum atomic E-state index is 0.145. The van der Waals surface area contributed by atoms with Crippen LogP contribution >= 0.6 is 0 Å². The Labute approximate surface area is 111 Å². The van der Waals surface area contributed by atoms with Crippen LogP contribution in [0.15, 0.2) is 24.3 Å². The van der Waals surface area contributed by atoms with E-state index in [0.29, 0.717) is 12.0 Å². The molecular weight excluding hydrogens is 224 g/mol. The number of benzene rings is 1. The Morgan fingerprint density at radius 2 is 1.94 bits per heavy atom. The maximum absolute atomic E-state index is 5.69. The van der Waals surface area contributed by atoms with Crippen LogP contribution in [0.5, 0.6) is 5.75 Å². The number of rotatable bonds is 6. The summed E-state index contributed by atoms with van der Waals surface area (Å²) in [6.07, 6.45) is 2.12. The summed E-state index contributed by atoms with van der Waals surface area (Å²) in [7, 11) is 0. The maximum Gasteiger partial charge on any atom is 0.124 e. The van der Waals surface area contributed by atoms with Crippen molar-refractivity contribution in [2.45, 2.75) is 46.6 Å². The first-order chi connectivity index (χ1) is 8.48. The minimum absolute atomic E-state index is 0.145. The van der Waals surface area contributed by atoms with Crippen molar-refractivity contribution in [3.05, 3.63) is 29.8 Å². The Bertz CT molecular complexity index is 358. The first-order valence-electron chi connectivity index (χ1n) is 6.66. The van der Waals surface area contributed by atoms with Crippen LogP contribution in [0, 0.1) is 5.41 Å². The molecule has 1 rings (SSSR count). The number of ether oxygens (including phenoxy) is 1. The van der Waals surface area contributed by atoms with E-state index in [-0.39, 0.29) is 6.04 Å². The topological polar surface area (TPSA) is 47.3 Å². The van der Waals surface area contributed by atoms with Gasteiger partial charge in [0.05, 0.1) is 6.61 Å². The average molecular weight is 250 g/mol. The molecule has 0 amide bonds. The molecule has 0 bridgehead atoms. The highest BCUT2D eigenvalue weighted by atomic mass is 16.5. The summed E-state index contributed by atoms with van der Waals surface area (Å²) in [4.78, 5) is 0. The molecule has 0 aliphatic rings. The molecule has 0 aliphatic carbocycles. The van der Waals surface area contributed by atoms with Gasteiger partial charge in [0.25, 0.3) is 0 Å². The van der Waals surface area contributed by atoms with Crippen molar-refractivity contribution in [2.75, 3.05) is 6.61 Å². The van der Waals surface area contributed by atoms with Gasteiger partial charge < -0.3 is 4.74 Å². The predicted molar refractivity (Wildman–Crippen MR) is 76.4 cm³/mol. The summed E-state index contributed by atoms with van der Waals surface area (Å²) in [5.74, 6) is 6.62. The molecule has 1 aromatic rings. The Morgan fingerprint density at radius 1 is 1.28 bits per heavy atom. The molecule has 3 nitrogen and oxygen atoms in total. The van der Waals surface area contributed by atoms with Crippen molar-refractivity contribution in [2.24, 2.45) is 11.3 Å². The Morgan fingerprint density at radius 3 is 2.50 bits per heavy atom. The second kappa shape index (κ2) is 6.76. The number of nitrogens with one attached hydrogen (secondary N) is 1. The summed E-state index contributed by atoms with van der Waals surface area (Å²) in [6, 6.07) is 8.25. The Balaban J connectivity index is 2.81. The summed E-state index contributed by atoms with van der Waals surface area (Å²) in [5.41, 5.74) is 4.37. The van der Waals surface area contributed by atoms with Gasteiger partial charge in [-0.2, -0.15) is 0 Å². The molecule has 3 heteroatoms. The first-order valence-corrected chi connectivity index (χ1v) is 6.66. The Kier molecular flexibility index (Phi) is 5.63. The van der Waals surface area contributed by atoms with Gasteiger partial charge in [0.2, 0.25) is 0 Å². The molecule has 0 fully saturated rings.